The van der Waals surface area contributed by atoms with Gasteiger partial charge in [-0.25, -0.2) is 9.59 Å². The lowest BCUT2D eigenvalue weighted by Crippen LogP contribution is -2.08. The molecule has 0 rings (SSSR count). The summed E-state index contributed by atoms with van der Waals surface area (Å²) in [5.41, 5.74) is 0. The lowest BCUT2D eigenvalue weighted by molar-refractivity contribution is -0.142. The summed E-state index contributed by atoms with van der Waals surface area (Å²) >= 11 is 0. The maximum absolute atomic E-state index is 11.0. The molecule has 16 heavy (non-hydrogen) atoms. The molecule has 90 valence electrons. The second-order valence-corrected chi connectivity index (χ2v) is 3.69. The van der Waals surface area contributed by atoms with E-state index in [4.69, 9.17) is 9.47 Å². The third-order valence-corrected chi connectivity index (χ3v) is 1.28. The first-order valence-corrected chi connectivity index (χ1v) is 5.17. The molecular weight excluding hydrogens is 208 g/mol. The van der Waals surface area contributed by atoms with Crippen LogP contribution in [0.3, 0.4) is 0 Å². The number of carbonyl (C=O) groups excluding carboxylic acids is 2. The van der Waals surface area contributed by atoms with E-state index in [1.165, 1.54) is 24.3 Å². The van der Waals surface area contributed by atoms with Gasteiger partial charge in [0.05, 0.1) is 12.2 Å². The molecule has 0 aromatic heterocycles. The summed E-state index contributed by atoms with van der Waals surface area (Å²) in [4.78, 5) is 22.0. The van der Waals surface area contributed by atoms with Crippen LogP contribution in [-0.4, -0.2) is 24.1 Å². The topological polar surface area (TPSA) is 52.6 Å². The molecular formula is C12H18O4. The maximum Gasteiger partial charge on any atom is 0.330 e. The predicted octanol–water partition coefficient (Wildman–Crippen LogP) is 2.00. The average Bonchev–Trinajstić information content (AvgIpc) is 2.10. The van der Waals surface area contributed by atoms with Crippen molar-refractivity contribution >= 4 is 11.9 Å². The maximum atomic E-state index is 11.0. The molecule has 0 radical (unpaired) electrons. The van der Waals surface area contributed by atoms with Gasteiger partial charge in [-0.05, 0) is 27.7 Å². The van der Waals surface area contributed by atoms with Gasteiger partial charge in [-0.3, -0.25) is 0 Å². The molecule has 0 spiro atoms. The third-order valence-electron chi connectivity index (χ3n) is 1.28. The van der Waals surface area contributed by atoms with Crippen LogP contribution in [0.25, 0.3) is 0 Å². The number of allylic oxidation sites excluding steroid dienone is 2. The molecule has 0 aliphatic rings. The normalized spacial score (nSPS) is 11.6. The Bertz CT molecular complexity index is 257. The molecule has 0 N–H and O–H groups in total. The first kappa shape index (κ1) is 14.4. The van der Waals surface area contributed by atoms with Crippen molar-refractivity contribution in [3.63, 3.8) is 0 Å². The Morgan fingerprint density at radius 3 is 1.38 bits per heavy atom. The van der Waals surface area contributed by atoms with E-state index in [0.29, 0.717) is 0 Å². The van der Waals surface area contributed by atoms with E-state index in [1.54, 1.807) is 27.7 Å². The molecule has 4 nitrogen and oxygen atoms in total. The van der Waals surface area contributed by atoms with Gasteiger partial charge < -0.3 is 9.47 Å². The zero-order valence-electron chi connectivity index (χ0n) is 10.1. The highest BCUT2D eigenvalue weighted by Crippen LogP contribution is 1.92. The second kappa shape index (κ2) is 7.68. The van der Waals surface area contributed by atoms with Crippen molar-refractivity contribution < 1.29 is 19.1 Å². The third kappa shape index (κ3) is 8.99. The highest BCUT2D eigenvalue weighted by Gasteiger charge is 2.00. The monoisotopic (exact) mass is 226 g/mol. The van der Waals surface area contributed by atoms with Gasteiger partial charge in [0.2, 0.25) is 0 Å². The van der Waals surface area contributed by atoms with Crippen LogP contribution in [0, 0.1) is 0 Å². The van der Waals surface area contributed by atoms with Gasteiger partial charge in [-0.1, -0.05) is 12.2 Å². The SMILES string of the molecule is CC(C)OC(=O)/C=C/C=C/C(=O)OC(C)C. The summed E-state index contributed by atoms with van der Waals surface area (Å²) in [7, 11) is 0. The Balaban J connectivity index is 3.95. The van der Waals surface area contributed by atoms with Crippen molar-refractivity contribution in [1.29, 1.82) is 0 Å². The molecule has 0 saturated carbocycles. The summed E-state index contributed by atoms with van der Waals surface area (Å²) in [6.45, 7) is 7.06. The Kier molecular flexibility index (Phi) is 6.92. The van der Waals surface area contributed by atoms with Crippen LogP contribution in [0.2, 0.25) is 0 Å². The first-order chi connectivity index (χ1) is 7.41. The Morgan fingerprint density at radius 2 is 1.12 bits per heavy atom. The molecule has 0 aromatic rings. The molecule has 0 unspecified atom stereocenters. The van der Waals surface area contributed by atoms with Crippen molar-refractivity contribution in [2.45, 2.75) is 39.9 Å². The molecule has 0 fully saturated rings. The van der Waals surface area contributed by atoms with E-state index >= 15 is 0 Å². The zero-order valence-corrected chi connectivity index (χ0v) is 10.1. The molecule has 0 saturated heterocycles. The van der Waals surface area contributed by atoms with E-state index < -0.39 is 11.9 Å². The van der Waals surface area contributed by atoms with Gasteiger partial charge in [-0.15, -0.1) is 0 Å². The van der Waals surface area contributed by atoms with E-state index in [9.17, 15) is 9.59 Å². The van der Waals surface area contributed by atoms with E-state index in [1.807, 2.05) is 0 Å². The standard InChI is InChI=1S/C12H18O4/c1-9(2)15-11(13)7-5-6-8-12(14)16-10(3)4/h5-10H,1-4H3/b7-5+,8-6+. The Labute approximate surface area is 95.9 Å². The first-order valence-electron chi connectivity index (χ1n) is 5.17. The minimum absolute atomic E-state index is 0.146. The summed E-state index contributed by atoms with van der Waals surface area (Å²) in [5.74, 6) is -0.867. The highest BCUT2D eigenvalue weighted by atomic mass is 16.5. The smallest absolute Gasteiger partial charge is 0.330 e. The fourth-order valence-corrected chi connectivity index (χ4v) is 0.811. The molecule has 4 heteroatoms. The summed E-state index contributed by atoms with van der Waals surface area (Å²) < 4.78 is 9.69. The average molecular weight is 226 g/mol. The van der Waals surface area contributed by atoms with Crippen LogP contribution < -0.4 is 0 Å². The lowest BCUT2D eigenvalue weighted by Gasteiger charge is -2.03. The van der Waals surface area contributed by atoms with Crippen LogP contribution in [0.15, 0.2) is 24.3 Å². The van der Waals surface area contributed by atoms with Crippen LogP contribution in [-0.2, 0) is 19.1 Å². The van der Waals surface area contributed by atoms with Crippen LogP contribution >= 0.6 is 0 Å². The fourth-order valence-electron chi connectivity index (χ4n) is 0.811. The van der Waals surface area contributed by atoms with Crippen LogP contribution in [0.5, 0.6) is 0 Å². The van der Waals surface area contributed by atoms with E-state index in [0.717, 1.165) is 0 Å². The van der Waals surface area contributed by atoms with Gasteiger partial charge >= 0.3 is 11.9 Å². The van der Waals surface area contributed by atoms with Crippen molar-refractivity contribution in [3.8, 4) is 0 Å². The Hall–Kier alpha value is -1.58. The van der Waals surface area contributed by atoms with Gasteiger partial charge in [0, 0.05) is 12.2 Å². The fraction of sp³-hybridized carbons (Fsp3) is 0.500. The number of esters is 2. The lowest BCUT2D eigenvalue weighted by atomic mass is 10.4. The van der Waals surface area contributed by atoms with Gasteiger partial charge in [-0.2, -0.15) is 0 Å². The van der Waals surface area contributed by atoms with Crippen molar-refractivity contribution in [2.75, 3.05) is 0 Å². The summed E-state index contributed by atoms with van der Waals surface area (Å²) in [6.07, 6.45) is 5.08. The summed E-state index contributed by atoms with van der Waals surface area (Å²) in [5, 5.41) is 0. The molecule has 0 bridgehead atoms. The number of carbonyl (C=O) groups is 2. The molecule has 0 aliphatic carbocycles. The Morgan fingerprint density at radius 1 is 0.812 bits per heavy atom. The number of ether oxygens (including phenoxy) is 2. The van der Waals surface area contributed by atoms with E-state index in [-0.39, 0.29) is 12.2 Å². The minimum Gasteiger partial charge on any atom is -0.460 e. The summed E-state index contributed by atoms with van der Waals surface area (Å²) in [6, 6.07) is 0. The molecule has 0 aromatic carbocycles. The number of hydrogen-bond acceptors (Lipinski definition) is 4. The number of rotatable bonds is 5. The highest BCUT2D eigenvalue weighted by molar-refractivity contribution is 5.84. The predicted molar refractivity (Wildman–Crippen MR) is 60.7 cm³/mol. The van der Waals surface area contributed by atoms with Crippen molar-refractivity contribution in [2.24, 2.45) is 0 Å². The van der Waals surface area contributed by atoms with Crippen LogP contribution in [0.4, 0.5) is 0 Å². The van der Waals surface area contributed by atoms with Gasteiger partial charge in [0.15, 0.2) is 0 Å². The molecule has 0 heterocycles. The van der Waals surface area contributed by atoms with Crippen molar-refractivity contribution in [3.05, 3.63) is 24.3 Å². The van der Waals surface area contributed by atoms with Crippen molar-refractivity contribution in [1.82, 2.24) is 0 Å². The molecule has 0 aliphatic heterocycles. The molecule has 0 atom stereocenters. The number of hydrogen-bond donors (Lipinski definition) is 0. The largest absolute Gasteiger partial charge is 0.460 e. The second-order valence-electron chi connectivity index (χ2n) is 3.69. The van der Waals surface area contributed by atoms with Gasteiger partial charge in [0.25, 0.3) is 0 Å². The van der Waals surface area contributed by atoms with Crippen LogP contribution in [0.1, 0.15) is 27.7 Å². The molecule has 0 amide bonds. The zero-order chi connectivity index (χ0) is 12.6. The minimum atomic E-state index is -0.433. The quantitative estimate of drug-likeness (QED) is 0.409. The van der Waals surface area contributed by atoms with Gasteiger partial charge in [0.1, 0.15) is 0 Å². The van der Waals surface area contributed by atoms with E-state index in [2.05, 4.69) is 0 Å².